The largest absolute Gasteiger partial charge is 0.497 e. The number of halogens is 1. The molecule has 1 aromatic heterocycles. The minimum atomic E-state index is 0.204. The van der Waals surface area contributed by atoms with Crippen LogP contribution < -0.4 is 14.8 Å². The van der Waals surface area contributed by atoms with Gasteiger partial charge in [-0.15, -0.1) is 0 Å². The Balaban J connectivity index is 1.64. The zero-order valence-electron chi connectivity index (χ0n) is 15.4. The highest BCUT2D eigenvalue weighted by Crippen LogP contribution is 2.32. The van der Waals surface area contributed by atoms with E-state index in [-0.39, 0.29) is 6.10 Å². The van der Waals surface area contributed by atoms with Crippen molar-refractivity contribution >= 4 is 33.9 Å². The Bertz CT molecular complexity index is 963. The van der Waals surface area contributed by atoms with Crippen LogP contribution in [0, 0.1) is 0 Å². The van der Waals surface area contributed by atoms with Gasteiger partial charge in [-0.05, 0) is 37.7 Å². The van der Waals surface area contributed by atoms with Crippen LogP contribution in [0.1, 0.15) is 6.42 Å². The maximum atomic E-state index is 6.18. The fourth-order valence-electron chi connectivity index (χ4n) is 3.40. The van der Waals surface area contributed by atoms with E-state index in [4.69, 9.17) is 21.1 Å². The van der Waals surface area contributed by atoms with E-state index < -0.39 is 0 Å². The topological polar surface area (TPSA) is 46.6 Å². The van der Waals surface area contributed by atoms with Crippen molar-refractivity contribution in [3.05, 3.63) is 53.7 Å². The molecule has 0 spiro atoms. The maximum Gasteiger partial charge on any atom is 0.125 e. The summed E-state index contributed by atoms with van der Waals surface area (Å²) in [6.07, 6.45) is 3.02. The van der Waals surface area contributed by atoms with Crippen LogP contribution in [0.2, 0.25) is 5.02 Å². The molecule has 1 fully saturated rings. The van der Waals surface area contributed by atoms with Gasteiger partial charge in [-0.2, -0.15) is 0 Å². The molecule has 5 nitrogen and oxygen atoms in total. The van der Waals surface area contributed by atoms with Gasteiger partial charge in [0.2, 0.25) is 0 Å². The van der Waals surface area contributed by atoms with Gasteiger partial charge < -0.3 is 19.7 Å². The van der Waals surface area contributed by atoms with Crippen molar-refractivity contribution < 1.29 is 9.47 Å². The second kappa shape index (κ2) is 7.62. The third-order valence-corrected chi connectivity index (χ3v) is 4.98. The van der Waals surface area contributed by atoms with Crippen molar-refractivity contribution in [2.24, 2.45) is 0 Å². The summed E-state index contributed by atoms with van der Waals surface area (Å²) < 4.78 is 11.6. The van der Waals surface area contributed by atoms with Gasteiger partial charge in [0.25, 0.3) is 0 Å². The van der Waals surface area contributed by atoms with Gasteiger partial charge in [-0.1, -0.05) is 11.6 Å². The lowest BCUT2D eigenvalue weighted by atomic mass is 10.1. The predicted molar refractivity (Wildman–Crippen MR) is 110 cm³/mol. The Morgan fingerprint density at radius 3 is 2.78 bits per heavy atom. The number of pyridine rings is 1. The molecule has 2 heterocycles. The average molecular weight is 384 g/mol. The number of hydrogen-bond acceptors (Lipinski definition) is 5. The molecule has 1 N–H and O–H groups in total. The lowest BCUT2D eigenvalue weighted by Crippen LogP contribution is -2.21. The Kier molecular flexibility index (Phi) is 5.05. The molecule has 0 bridgehead atoms. The first kappa shape index (κ1) is 17.9. The molecule has 6 heteroatoms. The maximum absolute atomic E-state index is 6.18. The molecule has 1 aliphatic heterocycles. The highest BCUT2D eigenvalue weighted by atomic mass is 35.5. The van der Waals surface area contributed by atoms with E-state index >= 15 is 0 Å². The van der Waals surface area contributed by atoms with E-state index in [1.165, 1.54) is 0 Å². The van der Waals surface area contributed by atoms with Crippen LogP contribution in [0.4, 0.5) is 11.4 Å². The average Bonchev–Trinajstić information content (AvgIpc) is 3.06. The Morgan fingerprint density at radius 1 is 1.15 bits per heavy atom. The zero-order valence-corrected chi connectivity index (χ0v) is 16.2. The zero-order chi connectivity index (χ0) is 18.8. The molecule has 0 saturated carbocycles. The van der Waals surface area contributed by atoms with Crippen molar-refractivity contribution in [2.45, 2.75) is 12.5 Å². The van der Waals surface area contributed by atoms with Crippen LogP contribution in [0.5, 0.6) is 11.5 Å². The number of hydrogen-bond donors (Lipinski definition) is 1. The molecule has 3 aromatic rings. The molecule has 1 aliphatic rings. The van der Waals surface area contributed by atoms with Crippen LogP contribution in [0.15, 0.2) is 48.7 Å². The Labute approximate surface area is 163 Å². The van der Waals surface area contributed by atoms with Crippen molar-refractivity contribution in [1.82, 2.24) is 9.88 Å². The van der Waals surface area contributed by atoms with E-state index in [1.54, 1.807) is 13.3 Å². The molecule has 4 rings (SSSR count). The highest BCUT2D eigenvalue weighted by molar-refractivity contribution is 6.31. The molecule has 1 unspecified atom stereocenters. The molecule has 140 valence electrons. The third kappa shape index (κ3) is 4.10. The number of methoxy groups -OCH3 is 1. The number of rotatable bonds is 5. The molecular formula is C21H22ClN3O2. The number of anilines is 2. The van der Waals surface area contributed by atoms with Crippen molar-refractivity contribution in [3.63, 3.8) is 0 Å². The van der Waals surface area contributed by atoms with Crippen molar-refractivity contribution in [2.75, 3.05) is 32.6 Å². The summed E-state index contributed by atoms with van der Waals surface area (Å²) in [6.45, 7) is 2.00. The van der Waals surface area contributed by atoms with Crippen LogP contribution in [0.3, 0.4) is 0 Å². The molecule has 0 amide bonds. The van der Waals surface area contributed by atoms with Crippen molar-refractivity contribution in [3.8, 4) is 11.5 Å². The quantitative estimate of drug-likeness (QED) is 0.690. The second-order valence-electron chi connectivity index (χ2n) is 6.83. The van der Waals surface area contributed by atoms with E-state index in [0.29, 0.717) is 5.02 Å². The van der Waals surface area contributed by atoms with Gasteiger partial charge in [0.1, 0.15) is 17.6 Å². The molecule has 2 aromatic carbocycles. The predicted octanol–water partition coefficient (Wildman–Crippen LogP) is 4.72. The van der Waals surface area contributed by atoms with Gasteiger partial charge >= 0.3 is 0 Å². The summed E-state index contributed by atoms with van der Waals surface area (Å²) in [6, 6.07) is 13.5. The Morgan fingerprint density at radius 2 is 2.00 bits per heavy atom. The summed E-state index contributed by atoms with van der Waals surface area (Å²) in [7, 11) is 3.77. The number of likely N-dealkylation sites (N-methyl/N-ethyl adjacent to an activating group) is 1. The standard InChI is InChI=1S/C21H22ClN3O2/c1-25-8-6-16(13-25)27-18-11-15(10-17(12-18)26-2)24-21-5-7-23-20-4-3-14(22)9-19(20)21/h3-5,7,9-12,16H,6,8,13H2,1-2H3,(H,23,24). The first-order valence-corrected chi connectivity index (χ1v) is 9.34. The number of benzene rings is 2. The fraction of sp³-hybridized carbons (Fsp3) is 0.286. The SMILES string of the molecule is COc1cc(Nc2ccnc3ccc(Cl)cc23)cc(OC2CCN(C)C2)c1. The number of fused-ring (bicyclic) bond motifs is 1. The lowest BCUT2D eigenvalue weighted by molar-refractivity contribution is 0.207. The van der Waals surface area contributed by atoms with Gasteiger partial charge in [0.15, 0.2) is 0 Å². The third-order valence-electron chi connectivity index (χ3n) is 4.75. The van der Waals surface area contributed by atoms with E-state index in [9.17, 15) is 0 Å². The van der Waals surface area contributed by atoms with E-state index in [0.717, 1.165) is 53.3 Å². The normalized spacial score (nSPS) is 17.2. The molecule has 1 saturated heterocycles. The number of ether oxygens (including phenoxy) is 2. The number of nitrogens with zero attached hydrogens (tertiary/aromatic N) is 2. The molecule has 27 heavy (non-hydrogen) atoms. The number of aromatic nitrogens is 1. The number of likely N-dealkylation sites (tertiary alicyclic amines) is 1. The molecule has 1 atom stereocenters. The summed E-state index contributed by atoms with van der Waals surface area (Å²) in [5.41, 5.74) is 2.71. The smallest absolute Gasteiger partial charge is 0.125 e. The summed E-state index contributed by atoms with van der Waals surface area (Å²) in [5, 5.41) is 5.10. The first-order valence-electron chi connectivity index (χ1n) is 8.96. The minimum absolute atomic E-state index is 0.204. The fourth-order valence-corrected chi connectivity index (χ4v) is 3.57. The summed E-state index contributed by atoms with van der Waals surface area (Å²) in [5.74, 6) is 1.55. The van der Waals surface area contributed by atoms with Gasteiger partial charge in [0, 0.05) is 59.3 Å². The van der Waals surface area contributed by atoms with Crippen LogP contribution >= 0.6 is 11.6 Å². The first-order chi connectivity index (χ1) is 13.1. The van der Waals surface area contributed by atoms with Crippen LogP contribution in [-0.4, -0.2) is 43.2 Å². The highest BCUT2D eigenvalue weighted by Gasteiger charge is 2.21. The van der Waals surface area contributed by atoms with Gasteiger partial charge in [0.05, 0.1) is 12.6 Å². The molecular weight excluding hydrogens is 362 g/mol. The molecule has 0 radical (unpaired) electrons. The number of nitrogens with one attached hydrogen (secondary N) is 1. The summed E-state index contributed by atoms with van der Waals surface area (Å²) >= 11 is 6.17. The summed E-state index contributed by atoms with van der Waals surface area (Å²) in [4.78, 5) is 6.67. The van der Waals surface area contributed by atoms with Crippen LogP contribution in [-0.2, 0) is 0 Å². The van der Waals surface area contributed by atoms with Gasteiger partial charge in [-0.25, -0.2) is 0 Å². The van der Waals surface area contributed by atoms with Gasteiger partial charge in [-0.3, -0.25) is 4.98 Å². The van der Waals surface area contributed by atoms with E-state index in [1.807, 2.05) is 42.5 Å². The Hall–Kier alpha value is -2.50. The second-order valence-corrected chi connectivity index (χ2v) is 7.27. The van der Waals surface area contributed by atoms with Crippen LogP contribution in [0.25, 0.3) is 10.9 Å². The lowest BCUT2D eigenvalue weighted by Gasteiger charge is -2.17. The van der Waals surface area contributed by atoms with Crippen molar-refractivity contribution in [1.29, 1.82) is 0 Å². The van der Waals surface area contributed by atoms with E-state index in [2.05, 4.69) is 22.2 Å². The minimum Gasteiger partial charge on any atom is -0.497 e. The molecule has 0 aliphatic carbocycles. The monoisotopic (exact) mass is 383 g/mol.